The van der Waals surface area contributed by atoms with Crippen LogP contribution in [0.3, 0.4) is 0 Å². The quantitative estimate of drug-likeness (QED) is 0.797. The smallest absolute Gasteiger partial charge is 0.239 e. The van der Waals surface area contributed by atoms with Gasteiger partial charge in [-0.05, 0) is 41.7 Å². The molecule has 0 radical (unpaired) electrons. The molecule has 2 N–H and O–H groups in total. The van der Waals surface area contributed by atoms with Gasteiger partial charge in [0.2, 0.25) is 5.91 Å². The number of rotatable bonds is 7. The molecule has 0 aliphatic carbocycles. The molecular weight excluding hydrogens is 308 g/mol. The molecule has 0 saturated carbocycles. The van der Waals surface area contributed by atoms with E-state index in [0.29, 0.717) is 12.5 Å². The van der Waals surface area contributed by atoms with Gasteiger partial charge < -0.3 is 10.6 Å². The Balaban J connectivity index is 1.76. The van der Waals surface area contributed by atoms with Gasteiger partial charge in [0.1, 0.15) is 0 Å². The molecular formula is C19H23ClN2O. The van der Waals surface area contributed by atoms with Crippen molar-refractivity contribution in [3.05, 3.63) is 64.7 Å². The Morgan fingerprint density at radius 3 is 2.48 bits per heavy atom. The van der Waals surface area contributed by atoms with E-state index in [2.05, 4.69) is 30.5 Å². The molecule has 0 unspecified atom stereocenters. The van der Waals surface area contributed by atoms with Crippen LogP contribution in [0.4, 0.5) is 5.69 Å². The summed E-state index contributed by atoms with van der Waals surface area (Å²) in [5, 5.41) is 6.88. The Morgan fingerprint density at radius 2 is 1.78 bits per heavy atom. The van der Waals surface area contributed by atoms with Gasteiger partial charge in [-0.3, -0.25) is 4.79 Å². The van der Waals surface area contributed by atoms with Crippen molar-refractivity contribution in [1.82, 2.24) is 5.32 Å². The second-order valence-corrected chi connectivity index (χ2v) is 6.26. The van der Waals surface area contributed by atoms with E-state index in [-0.39, 0.29) is 12.5 Å². The summed E-state index contributed by atoms with van der Waals surface area (Å²) in [6, 6.07) is 15.8. The Kier molecular flexibility index (Phi) is 6.48. The minimum atomic E-state index is -0.00229. The molecule has 0 saturated heterocycles. The van der Waals surface area contributed by atoms with E-state index < -0.39 is 0 Å². The van der Waals surface area contributed by atoms with Gasteiger partial charge >= 0.3 is 0 Å². The van der Waals surface area contributed by atoms with Gasteiger partial charge in [-0.1, -0.05) is 55.8 Å². The zero-order valence-corrected chi connectivity index (χ0v) is 14.4. The molecule has 0 aliphatic heterocycles. The normalized spacial score (nSPS) is 10.6. The first-order chi connectivity index (χ1) is 11.1. The molecule has 0 aliphatic rings. The minimum Gasteiger partial charge on any atom is -0.376 e. The zero-order chi connectivity index (χ0) is 16.7. The maximum absolute atomic E-state index is 11.9. The third kappa shape index (κ3) is 5.61. The fourth-order valence-electron chi connectivity index (χ4n) is 2.40. The van der Waals surface area contributed by atoms with Crippen LogP contribution in [0.1, 0.15) is 30.9 Å². The predicted molar refractivity (Wildman–Crippen MR) is 97.2 cm³/mol. The van der Waals surface area contributed by atoms with Crippen molar-refractivity contribution in [3.8, 4) is 0 Å². The summed E-state index contributed by atoms with van der Waals surface area (Å²) in [7, 11) is 0. The topological polar surface area (TPSA) is 41.1 Å². The summed E-state index contributed by atoms with van der Waals surface area (Å²) in [4.78, 5) is 11.9. The minimum absolute atomic E-state index is 0.00229. The van der Waals surface area contributed by atoms with E-state index in [1.165, 1.54) is 5.56 Å². The van der Waals surface area contributed by atoms with Gasteiger partial charge in [0.25, 0.3) is 0 Å². The fourth-order valence-corrected chi connectivity index (χ4v) is 2.52. The number of para-hydroxylation sites is 1. The van der Waals surface area contributed by atoms with E-state index in [1.54, 1.807) is 0 Å². The summed E-state index contributed by atoms with van der Waals surface area (Å²) >= 11 is 5.85. The van der Waals surface area contributed by atoms with Crippen LogP contribution in [0, 0.1) is 0 Å². The van der Waals surface area contributed by atoms with Crippen molar-refractivity contribution in [2.24, 2.45) is 0 Å². The number of carbonyl (C=O) groups is 1. The Morgan fingerprint density at radius 1 is 1.09 bits per heavy atom. The number of halogens is 1. The van der Waals surface area contributed by atoms with Crippen LogP contribution in [0.25, 0.3) is 0 Å². The van der Waals surface area contributed by atoms with Crippen molar-refractivity contribution in [3.63, 3.8) is 0 Å². The van der Waals surface area contributed by atoms with Crippen molar-refractivity contribution < 1.29 is 4.79 Å². The lowest BCUT2D eigenvalue weighted by Gasteiger charge is -2.14. The van der Waals surface area contributed by atoms with Crippen LogP contribution in [-0.2, 0) is 11.2 Å². The lowest BCUT2D eigenvalue weighted by Crippen LogP contribution is -2.31. The van der Waals surface area contributed by atoms with E-state index >= 15 is 0 Å². The number of benzene rings is 2. The molecule has 1 amide bonds. The molecule has 0 fully saturated rings. The lowest BCUT2D eigenvalue weighted by molar-refractivity contribution is -0.119. The van der Waals surface area contributed by atoms with Crippen molar-refractivity contribution in [2.45, 2.75) is 26.2 Å². The number of carbonyl (C=O) groups excluding carboxylic acids is 1. The van der Waals surface area contributed by atoms with E-state index in [9.17, 15) is 4.79 Å². The van der Waals surface area contributed by atoms with Crippen LogP contribution < -0.4 is 10.6 Å². The lowest BCUT2D eigenvalue weighted by atomic mass is 10.0. The highest BCUT2D eigenvalue weighted by Crippen LogP contribution is 2.23. The Hall–Kier alpha value is -2.00. The number of hydrogen-bond acceptors (Lipinski definition) is 2. The van der Waals surface area contributed by atoms with Crippen LogP contribution in [0.15, 0.2) is 48.5 Å². The first-order valence-corrected chi connectivity index (χ1v) is 8.28. The van der Waals surface area contributed by atoms with E-state index in [4.69, 9.17) is 11.6 Å². The molecule has 2 aromatic carbocycles. The molecule has 4 heteroatoms. The third-order valence-corrected chi connectivity index (χ3v) is 3.92. The predicted octanol–water partition coefficient (Wildman–Crippen LogP) is 4.23. The molecule has 2 rings (SSSR count). The van der Waals surface area contributed by atoms with E-state index in [1.807, 2.05) is 42.5 Å². The summed E-state index contributed by atoms with van der Waals surface area (Å²) in [6.07, 6.45) is 0.797. The van der Waals surface area contributed by atoms with Crippen LogP contribution >= 0.6 is 11.6 Å². The Bertz CT molecular complexity index is 638. The third-order valence-electron chi connectivity index (χ3n) is 3.67. The van der Waals surface area contributed by atoms with Gasteiger partial charge in [0, 0.05) is 17.3 Å². The molecule has 0 bridgehead atoms. The van der Waals surface area contributed by atoms with Gasteiger partial charge in [-0.25, -0.2) is 0 Å². The monoisotopic (exact) mass is 330 g/mol. The van der Waals surface area contributed by atoms with Crippen molar-refractivity contribution in [1.29, 1.82) is 0 Å². The first kappa shape index (κ1) is 17.4. The SMILES string of the molecule is CC(C)c1ccccc1NCC(=O)NCCc1ccc(Cl)cc1. The van der Waals surface area contributed by atoms with Crippen LogP contribution in [0.2, 0.25) is 5.02 Å². The number of nitrogens with one attached hydrogen (secondary N) is 2. The Labute approximate surface area is 143 Å². The summed E-state index contributed by atoms with van der Waals surface area (Å²) in [5.74, 6) is 0.421. The maximum atomic E-state index is 11.9. The standard InChI is InChI=1S/C19H23ClN2O/c1-14(2)17-5-3-4-6-18(17)22-13-19(23)21-12-11-15-7-9-16(20)10-8-15/h3-10,14,22H,11-13H2,1-2H3,(H,21,23). The summed E-state index contributed by atoms with van der Waals surface area (Å²) in [5.41, 5.74) is 3.41. The molecule has 3 nitrogen and oxygen atoms in total. The van der Waals surface area contributed by atoms with Crippen LogP contribution in [0.5, 0.6) is 0 Å². The van der Waals surface area contributed by atoms with Gasteiger partial charge in [0.05, 0.1) is 6.54 Å². The highest BCUT2D eigenvalue weighted by Gasteiger charge is 2.07. The zero-order valence-electron chi connectivity index (χ0n) is 13.6. The molecule has 0 spiro atoms. The number of anilines is 1. The second kappa shape index (κ2) is 8.59. The number of amides is 1. The van der Waals surface area contributed by atoms with Gasteiger partial charge in [-0.15, -0.1) is 0 Å². The summed E-state index contributed by atoms with van der Waals surface area (Å²) in [6.45, 7) is 5.19. The van der Waals surface area contributed by atoms with Crippen LogP contribution in [-0.4, -0.2) is 19.0 Å². The second-order valence-electron chi connectivity index (χ2n) is 5.82. The van der Waals surface area contributed by atoms with Gasteiger partial charge in [-0.2, -0.15) is 0 Å². The van der Waals surface area contributed by atoms with Crippen molar-refractivity contribution >= 4 is 23.2 Å². The van der Waals surface area contributed by atoms with Gasteiger partial charge in [0.15, 0.2) is 0 Å². The highest BCUT2D eigenvalue weighted by molar-refractivity contribution is 6.30. The number of hydrogen-bond donors (Lipinski definition) is 2. The molecule has 122 valence electrons. The molecule has 23 heavy (non-hydrogen) atoms. The maximum Gasteiger partial charge on any atom is 0.239 e. The molecule has 0 heterocycles. The fraction of sp³-hybridized carbons (Fsp3) is 0.316. The molecule has 0 aromatic heterocycles. The van der Waals surface area contributed by atoms with E-state index in [0.717, 1.165) is 22.7 Å². The average molecular weight is 331 g/mol. The first-order valence-electron chi connectivity index (χ1n) is 7.90. The summed E-state index contributed by atoms with van der Waals surface area (Å²) < 4.78 is 0. The highest BCUT2D eigenvalue weighted by atomic mass is 35.5. The molecule has 2 aromatic rings. The molecule has 0 atom stereocenters. The average Bonchev–Trinajstić information content (AvgIpc) is 2.55. The van der Waals surface area contributed by atoms with Crippen molar-refractivity contribution in [2.75, 3.05) is 18.4 Å². The largest absolute Gasteiger partial charge is 0.376 e.